The molecule has 1 saturated carbocycles. The van der Waals surface area contributed by atoms with E-state index in [1.165, 1.54) is 19.1 Å². The third-order valence-corrected chi connectivity index (χ3v) is 3.53. The molecule has 2 atom stereocenters. The van der Waals surface area contributed by atoms with Gasteiger partial charge in [-0.05, 0) is 32.6 Å². The molecule has 0 saturated heterocycles. The Morgan fingerprint density at radius 2 is 1.92 bits per heavy atom. The van der Waals surface area contributed by atoms with Gasteiger partial charge in [0.25, 0.3) is 0 Å². The Balaban J connectivity index is 2.27. The van der Waals surface area contributed by atoms with Crippen molar-refractivity contribution in [2.75, 3.05) is 12.0 Å². The summed E-state index contributed by atoms with van der Waals surface area (Å²) < 4.78 is 21.9. The molecule has 1 aliphatic carbocycles. The Morgan fingerprint density at radius 1 is 1.38 bits per heavy atom. The van der Waals surface area contributed by atoms with Crippen LogP contribution in [0.15, 0.2) is 0 Å². The lowest BCUT2D eigenvalue weighted by molar-refractivity contribution is 0.449. The van der Waals surface area contributed by atoms with Crippen LogP contribution in [0.5, 0.6) is 0 Å². The van der Waals surface area contributed by atoms with Gasteiger partial charge in [0.05, 0.1) is 5.75 Å². The third-order valence-electron chi connectivity index (χ3n) is 2.43. The van der Waals surface area contributed by atoms with E-state index in [4.69, 9.17) is 0 Å². The summed E-state index contributed by atoms with van der Waals surface area (Å²) in [7, 11) is -2.84. The summed E-state index contributed by atoms with van der Waals surface area (Å²) in [5, 5.41) is 3.32. The minimum Gasteiger partial charge on any atom is -0.310 e. The summed E-state index contributed by atoms with van der Waals surface area (Å²) in [6.45, 7) is 4.07. The summed E-state index contributed by atoms with van der Waals surface area (Å²) in [6, 6.07) is 0.544. The highest BCUT2D eigenvalue weighted by atomic mass is 32.2. The first kappa shape index (κ1) is 11.0. The number of nitrogens with one attached hydrogen (secondary N) is 1. The molecule has 1 fully saturated rings. The zero-order valence-corrected chi connectivity index (χ0v) is 9.39. The number of sulfone groups is 1. The average Bonchev–Trinajstić information content (AvgIpc) is 2.60. The standard InChI is InChI=1S/C9H19NO2S/c1-7(6-13(3,11)12)10-8(2)9-4-5-9/h7-10H,4-6H2,1-3H3. The molecule has 2 unspecified atom stereocenters. The zero-order valence-electron chi connectivity index (χ0n) is 8.58. The molecule has 0 heterocycles. The van der Waals surface area contributed by atoms with Crippen LogP contribution in [0, 0.1) is 5.92 Å². The second-order valence-corrected chi connectivity index (χ2v) is 6.47. The summed E-state index contributed by atoms with van der Waals surface area (Å²) in [6.07, 6.45) is 3.87. The van der Waals surface area contributed by atoms with Crippen molar-refractivity contribution >= 4 is 9.84 Å². The Bertz CT molecular complexity index is 257. The largest absolute Gasteiger partial charge is 0.310 e. The first-order chi connectivity index (χ1) is 5.88. The average molecular weight is 205 g/mol. The molecule has 0 aromatic rings. The van der Waals surface area contributed by atoms with Crippen molar-refractivity contribution in [2.24, 2.45) is 5.92 Å². The van der Waals surface area contributed by atoms with Crippen molar-refractivity contribution in [1.82, 2.24) is 5.32 Å². The molecule has 3 nitrogen and oxygen atoms in total. The molecule has 1 aliphatic rings. The van der Waals surface area contributed by atoms with E-state index in [1.807, 2.05) is 6.92 Å². The van der Waals surface area contributed by atoms with Crippen LogP contribution in [0.3, 0.4) is 0 Å². The van der Waals surface area contributed by atoms with Crippen LogP contribution in [-0.4, -0.2) is 32.5 Å². The van der Waals surface area contributed by atoms with E-state index in [-0.39, 0.29) is 11.8 Å². The maximum Gasteiger partial charge on any atom is 0.148 e. The van der Waals surface area contributed by atoms with Gasteiger partial charge in [0.1, 0.15) is 9.84 Å². The highest BCUT2D eigenvalue weighted by molar-refractivity contribution is 7.90. The molecule has 78 valence electrons. The van der Waals surface area contributed by atoms with Crippen LogP contribution in [-0.2, 0) is 9.84 Å². The van der Waals surface area contributed by atoms with E-state index < -0.39 is 9.84 Å². The quantitative estimate of drug-likeness (QED) is 0.722. The van der Waals surface area contributed by atoms with Gasteiger partial charge in [-0.2, -0.15) is 0 Å². The molecule has 13 heavy (non-hydrogen) atoms. The van der Waals surface area contributed by atoms with Gasteiger partial charge in [0.2, 0.25) is 0 Å². The van der Waals surface area contributed by atoms with Gasteiger partial charge in [0, 0.05) is 18.3 Å². The molecule has 0 radical (unpaired) electrons. The predicted octanol–water partition coefficient (Wildman–Crippen LogP) is 0.808. The van der Waals surface area contributed by atoms with Crippen molar-refractivity contribution in [3.8, 4) is 0 Å². The highest BCUT2D eigenvalue weighted by Crippen LogP contribution is 2.32. The lowest BCUT2D eigenvalue weighted by Gasteiger charge is -2.18. The van der Waals surface area contributed by atoms with Crippen LogP contribution in [0.25, 0.3) is 0 Å². The van der Waals surface area contributed by atoms with Crippen molar-refractivity contribution in [2.45, 2.75) is 38.8 Å². The Hall–Kier alpha value is -0.0900. The fraction of sp³-hybridized carbons (Fsp3) is 1.00. The van der Waals surface area contributed by atoms with Gasteiger partial charge < -0.3 is 5.32 Å². The molecule has 0 bridgehead atoms. The van der Waals surface area contributed by atoms with Gasteiger partial charge in [-0.3, -0.25) is 0 Å². The third kappa shape index (κ3) is 4.62. The topological polar surface area (TPSA) is 46.2 Å². The van der Waals surface area contributed by atoms with E-state index in [1.54, 1.807) is 0 Å². The molecule has 0 spiro atoms. The molecular formula is C9H19NO2S. The second kappa shape index (κ2) is 3.96. The van der Waals surface area contributed by atoms with E-state index in [0.717, 1.165) is 5.92 Å². The molecule has 0 amide bonds. The van der Waals surface area contributed by atoms with Gasteiger partial charge in [-0.1, -0.05) is 0 Å². The molecule has 1 N–H and O–H groups in total. The second-order valence-electron chi connectivity index (χ2n) is 4.29. The monoisotopic (exact) mass is 205 g/mol. The number of hydrogen-bond donors (Lipinski definition) is 1. The van der Waals surface area contributed by atoms with Crippen LogP contribution in [0.4, 0.5) is 0 Å². The Kier molecular flexibility index (Phi) is 3.35. The van der Waals surface area contributed by atoms with Crippen molar-refractivity contribution in [3.63, 3.8) is 0 Å². The molecule has 0 aromatic heterocycles. The summed E-state index contributed by atoms with van der Waals surface area (Å²) in [4.78, 5) is 0. The smallest absolute Gasteiger partial charge is 0.148 e. The van der Waals surface area contributed by atoms with E-state index in [0.29, 0.717) is 6.04 Å². The normalized spacial score (nSPS) is 22.7. The number of hydrogen-bond acceptors (Lipinski definition) is 3. The maximum atomic E-state index is 11.0. The zero-order chi connectivity index (χ0) is 10.1. The van der Waals surface area contributed by atoms with Crippen molar-refractivity contribution in [1.29, 1.82) is 0 Å². The maximum absolute atomic E-state index is 11.0. The SMILES string of the molecule is CC(CS(C)(=O)=O)NC(C)C1CC1. The highest BCUT2D eigenvalue weighted by Gasteiger charge is 2.28. The predicted molar refractivity (Wildman–Crippen MR) is 54.5 cm³/mol. The fourth-order valence-electron chi connectivity index (χ4n) is 1.68. The summed E-state index contributed by atoms with van der Waals surface area (Å²) in [5.41, 5.74) is 0. The van der Waals surface area contributed by atoms with E-state index >= 15 is 0 Å². The van der Waals surface area contributed by atoms with Crippen molar-refractivity contribution < 1.29 is 8.42 Å². The van der Waals surface area contributed by atoms with Gasteiger partial charge in [0.15, 0.2) is 0 Å². The van der Waals surface area contributed by atoms with Crippen LogP contribution in [0.1, 0.15) is 26.7 Å². The molecule has 0 aromatic carbocycles. The minimum atomic E-state index is -2.84. The lowest BCUT2D eigenvalue weighted by atomic mass is 10.2. The van der Waals surface area contributed by atoms with Crippen LogP contribution >= 0.6 is 0 Å². The Morgan fingerprint density at radius 3 is 2.31 bits per heavy atom. The Labute approximate surface area is 80.8 Å². The van der Waals surface area contributed by atoms with Crippen molar-refractivity contribution in [3.05, 3.63) is 0 Å². The first-order valence-corrected chi connectivity index (χ1v) is 6.88. The molecule has 4 heteroatoms. The molecular weight excluding hydrogens is 186 g/mol. The molecule has 1 rings (SSSR count). The van der Waals surface area contributed by atoms with Gasteiger partial charge >= 0.3 is 0 Å². The van der Waals surface area contributed by atoms with Gasteiger partial charge in [-0.25, -0.2) is 8.42 Å². The first-order valence-electron chi connectivity index (χ1n) is 4.82. The van der Waals surface area contributed by atoms with Crippen LogP contribution < -0.4 is 5.32 Å². The summed E-state index contributed by atoms with van der Waals surface area (Å²) in [5.74, 6) is 1.02. The summed E-state index contributed by atoms with van der Waals surface area (Å²) >= 11 is 0. The van der Waals surface area contributed by atoms with Gasteiger partial charge in [-0.15, -0.1) is 0 Å². The van der Waals surface area contributed by atoms with E-state index in [2.05, 4.69) is 12.2 Å². The fourth-order valence-corrected chi connectivity index (χ4v) is 2.69. The number of rotatable bonds is 5. The van der Waals surface area contributed by atoms with Crippen LogP contribution in [0.2, 0.25) is 0 Å². The van der Waals surface area contributed by atoms with E-state index in [9.17, 15) is 8.42 Å². The molecule has 0 aliphatic heterocycles. The minimum absolute atomic E-state index is 0.0746. The lowest BCUT2D eigenvalue weighted by Crippen LogP contribution is -2.39.